The summed E-state index contributed by atoms with van der Waals surface area (Å²) in [4.78, 5) is 16.6. The predicted molar refractivity (Wildman–Crippen MR) is 135 cm³/mol. The highest BCUT2D eigenvalue weighted by Gasteiger charge is 2.33. The number of hydrogen-bond donors (Lipinski definition) is 2. The van der Waals surface area contributed by atoms with Gasteiger partial charge in [-0.25, -0.2) is 9.18 Å². The molecule has 0 unspecified atom stereocenters. The second kappa shape index (κ2) is 10.4. The number of carbonyl (C=O) groups is 1. The van der Waals surface area contributed by atoms with Crippen molar-refractivity contribution in [2.75, 3.05) is 31.0 Å². The van der Waals surface area contributed by atoms with Gasteiger partial charge in [0.05, 0.1) is 34.3 Å². The monoisotopic (exact) mass is 563 g/mol. The van der Waals surface area contributed by atoms with Crippen molar-refractivity contribution < 1.29 is 41.3 Å². The van der Waals surface area contributed by atoms with E-state index in [2.05, 4.69) is 15.6 Å². The highest BCUT2D eigenvalue weighted by molar-refractivity contribution is 6.31. The van der Waals surface area contributed by atoms with Crippen molar-refractivity contribution in [2.45, 2.75) is 6.18 Å². The third-order valence-corrected chi connectivity index (χ3v) is 5.94. The minimum Gasteiger partial charge on any atom is -0.493 e. The summed E-state index contributed by atoms with van der Waals surface area (Å²) in [6, 6.07) is 8.84. The van der Waals surface area contributed by atoms with E-state index in [0.717, 1.165) is 12.1 Å². The third kappa shape index (κ3) is 5.41. The maximum atomic E-state index is 14.8. The number of nitrogens with zero attached hydrogens (tertiary/aromatic N) is 1. The second-order valence-corrected chi connectivity index (χ2v) is 8.56. The van der Waals surface area contributed by atoms with Crippen molar-refractivity contribution >= 4 is 39.9 Å². The lowest BCUT2D eigenvalue weighted by Crippen LogP contribution is -2.20. The van der Waals surface area contributed by atoms with Gasteiger partial charge in [0.1, 0.15) is 30.5 Å². The van der Waals surface area contributed by atoms with Crippen LogP contribution in [0.5, 0.6) is 28.7 Å². The van der Waals surface area contributed by atoms with E-state index in [1.807, 2.05) is 0 Å². The van der Waals surface area contributed by atoms with Gasteiger partial charge in [-0.2, -0.15) is 13.2 Å². The van der Waals surface area contributed by atoms with E-state index in [1.165, 1.54) is 31.5 Å². The number of urea groups is 1. The highest BCUT2D eigenvalue weighted by Crippen LogP contribution is 2.48. The molecule has 0 saturated heterocycles. The minimum atomic E-state index is -4.71. The zero-order valence-electron chi connectivity index (χ0n) is 20.0. The lowest BCUT2D eigenvalue weighted by molar-refractivity contribution is -0.137. The average Bonchev–Trinajstić information content (AvgIpc) is 2.90. The fraction of sp³-hybridized carbons (Fsp3) is 0.154. The van der Waals surface area contributed by atoms with Crippen LogP contribution >= 0.6 is 11.6 Å². The lowest BCUT2D eigenvalue weighted by atomic mass is 10.1. The first kappa shape index (κ1) is 26.2. The van der Waals surface area contributed by atoms with Gasteiger partial charge in [0.15, 0.2) is 11.5 Å². The molecule has 0 aliphatic carbocycles. The molecular weight excluding hydrogens is 546 g/mol. The zero-order valence-corrected chi connectivity index (χ0v) is 20.7. The van der Waals surface area contributed by atoms with E-state index >= 15 is 0 Å². The van der Waals surface area contributed by atoms with Gasteiger partial charge in [-0.05, 0) is 36.4 Å². The number of aromatic nitrogens is 1. The molecular formula is C26H18ClF4N3O5. The van der Waals surface area contributed by atoms with Crippen molar-refractivity contribution in [3.63, 3.8) is 0 Å². The van der Waals surface area contributed by atoms with Crippen molar-refractivity contribution in [1.29, 1.82) is 0 Å². The van der Waals surface area contributed by atoms with E-state index in [9.17, 15) is 22.4 Å². The van der Waals surface area contributed by atoms with Crippen molar-refractivity contribution in [3.8, 4) is 28.7 Å². The zero-order chi connectivity index (χ0) is 27.7. The van der Waals surface area contributed by atoms with Crippen LogP contribution in [0.3, 0.4) is 0 Å². The molecule has 0 bridgehead atoms. The standard InChI is InChI=1S/C26H18ClF4N3O5/c1-36-21-12-19-22(24-23(21)37-8-9-38-24)20(6-7-32-19)39-14-3-5-18(17(28)11-14)34-25(35)33-13-2-4-16(27)15(10-13)26(29,30)31/h2-7,10-12H,8-9H2,1H3,(H2,33,34,35). The van der Waals surface area contributed by atoms with Crippen LogP contribution in [0, 0.1) is 5.82 Å². The number of rotatable bonds is 5. The Labute approximate surface area is 223 Å². The molecule has 2 N–H and O–H groups in total. The van der Waals surface area contributed by atoms with Crippen LogP contribution in [-0.4, -0.2) is 31.3 Å². The minimum absolute atomic E-state index is 0.0970. The van der Waals surface area contributed by atoms with Gasteiger partial charge in [0.25, 0.3) is 0 Å². The first-order valence-corrected chi connectivity index (χ1v) is 11.7. The summed E-state index contributed by atoms with van der Waals surface area (Å²) in [6.07, 6.45) is -3.21. The molecule has 202 valence electrons. The molecule has 8 nitrogen and oxygen atoms in total. The Hall–Kier alpha value is -4.45. The molecule has 13 heteroatoms. The Morgan fingerprint density at radius 2 is 1.77 bits per heavy atom. The van der Waals surface area contributed by atoms with E-state index in [1.54, 1.807) is 12.1 Å². The van der Waals surface area contributed by atoms with Gasteiger partial charge in [-0.3, -0.25) is 4.98 Å². The average molecular weight is 564 g/mol. The smallest absolute Gasteiger partial charge is 0.417 e. The predicted octanol–water partition coefficient (Wildman–Crippen LogP) is 7.26. The van der Waals surface area contributed by atoms with E-state index in [0.29, 0.717) is 53.2 Å². The maximum Gasteiger partial charge on any atom is 0.417 e. The molecule has 0 atom stereocenters. The normalized spacial score (nSPS) is 12.7. The van der Waals surface area contributed by atoms with Crippen LogP contribution in [0.2, 0.25) is 5.02 Å². The van der Waals surface area contributed by atoms with Crippen molar-refractivity contribution in [1.82, 2.24) is 4.98 Å². The topological polar surface area (TPSA) is 90.9 Å². The number of benzene rings is 3. The number of nitrogens with one attached hydrogen (secondary N) is 2. The van der Waals surface area contributed by atoms with Gasteiger partial charge in [0.2, 0.25) is 5.75 Å². The largest absolute Gasteiger partial charge is 0.493 e. The number of fused-ring (bicyclic) bond motifs is 3. The number of methoxy groups -OCH3 is 1. The first-order valence-electron chi connectivity index (χ1n) is 11.3. The summed E-state index contributed by atoms with van der Waals surface area (Å²) < 4.78 is 76.8. The molecule has 5 rings (SSSR count). The SMILES string of the molecule is COc1cc2nccc(Oc3ccc(NC(=O)Nc4ccc(Cl)c(C(F)(F)F)c4)c(F)c3)c2c2c1OCCO2. The van der Waals surface area contributed by atoms with Gasteiger partial charge in [-0.1, -0.05) is 11.6 Å². The molecule has 0 radical (unpaired) electrons. The molecule has 0 fully saturated rings. The quantitative estimate of drug-likeness (QED) is 0.248. The van der Waals surface area contributed by atoms with Crippen LogP contribution in [0.25, 0.3) is 10.9 Å². The number of alkyl halides is 3. The fourth-order valence-corrected chi connectivity index (χ4v) is 4.13. The highest BCUT2D eigenvalue weighted by atomic mass is 35.5. The molecule has 2 amide bonds. The van der Waals surface area contributed by atoms with Crippen LogP contribution in [-0.2, 0) is 6.18 Å². The molecule has 3 aromatic carbocycles. The van der Waals surface area contributed by atoms with E-state index in [4.69, 9.17) is 30.5 Å². The first-order chi connectivity index (χ1) is 18.6. The molecule has 2 heterocycles. The van der Waals surface area contributed by atoms with Crippen molar-refractivity contribution in [2.24, 2.45) is 0 Å². The Kier molecular flexibility index (Phi) is 6.96. The summed E-state index contributed by atoms with van der Waals surface area (Å²) in [5, 5.41) is 4.45. The summed E-state index contributed by atoms with van der Waals surface area (Å²) in [7, 11) is 1.49. The number of anilines is 2. The number of hydrogen-bond acceptors (Lipinski definition) is 6. The van der Waals surface area contributed by atoms with Crippen LogP contribution in [0.15, 0.2) is 54.7 Å². The number of halogens is 5. The molecule has 0 saturated carbocycles. The summed E-state index contributed by atoms with van der Waals surface area (Å²) >= 11 is 5.59. The Morgan fingerprint density at radius 1 is 1.00 bits per heavy atom. The summed E-state index contributed by atoms with van der Waals surface area (Å²) in [5.41, 5.74) is -1.03. The Bertz CT molecular complexity index is 1580. The van der Waals surface area contributed by atoms with E-state index < -0.39 is 28.6 Å². The lowest BCUT2D eigenvalue weighted by Gasteiger charge is -2.23. The van der Waals surface area contributed by atoms with Gasteiger partial charge >= 0.3 is 12.2 Å². The summed E-state index contributed by atoms with van der Waals surface area (Å²) in [6.45, 7) is 0.633. The maximum absolute atomic E-state index is 14.8. The third-order valence-electron chi connectivity index (χ3n) is 5.61. The molecule has 1 aromatic heterocycles. The molecule has 39 heavy (non-hydrogen) atoms. The molecule has 4 aromatic rings. The van der Waals surface area contributed by atoms with Crippen LogP contribution in [0.4, 0.5) is 33.7 Å². The van der Waals surface area contributed by atoms with E-state index in [-0.39, 0.29) is 17.1 Å². The number of carbonyl (C=O) groups excluding carboxylic acids is 1. The number of ether oxygens (including phenoxy) is 4. The van der Waals surface area contributed by atoms with Crippen molar-refractivity contribution in [3.05, 3.63) is 71.1 Å². The number of amides is 2. The van der Waals surface area contributed by atoms with Gasteiger partial charge < -0.3 is 29.6 Å². The fourth-order valence-electron chi connectivity index (χ4n) is 3.90. The van der Waals surface area contributed by atoms with Crippen LogP contribution in [0.1, 0.15) is 5.56 Å². The van der Waals surface area contributed by atoms with Crippen LogP contribution < -0.4 is 29.6 Å². The summed E-state index contributed by atoms with van der Waals surface area (Å²) in [5.74, 6) is 0.773. The van der Waals surface area contributed by atoms with Gasteiger partial charge in [-0.15, -0.1) is 0 Å². The molecule has 1 aliphatic rings. The Morgan fingerprint density at radius 3 is 2.49 bits per heavy atom. The molecule has 0 spiro atoms. The van der Waals surface area contributed by atoms with Gasteiger partial charge in [0, 0.05) is 24.0 Å². The Balaban J connectivity index is 1.35. The number of pyridine rings is 1. The second-order valence-electron chi connectivity index (χ2n) is 8.15. The molecule has 1 aliphatic heterocycles.